The molecule has 0 aliphatic carbocycles. The van der Waals surface area contributed by atoms with E-state index in [-0.39, 0.29) is 12.0 Å². The van der Waals surface area contributed by atoms with Crippen molar-refractivity contribution in [1.29, 1.82) is 0 Å². The van der Waals surface area contributed by atoms with E-state index in [1.54, 1.807) is 19.2 Å². The summed E-state index contributed by atoms with van der Waals surface area (Å²) in [5.41, 5.74) is 2.44. The molecule has 1 aromatic carbocycles. The van der Waals surface area contributed by atoms with Crippen LogP contribution in [0.1, 0.15) is 36.5 Å². The van der Waals surface area contributed by atoms with E-state index < -0.39 is 0 Å². The van der Waals surface area contributed by atoms with Gasteiger partial charge in [0.05, 0.1) is 12.2 Å². The van der Waals surface area contributed by atoms with E-state index in [0.29, 0.717) is 31.8 Å². The number of nitrogens with one attached hydrogen (secondary N) is 1. The van der Waals surface area contributed by atoms with Crippen LogP contribution in [0.4, 0.5) is 22.0 Å². The predicted molar refractivity (Wildman–Crippen MR) is 126 cm³/mol. The van der Waals surface area contributed by atoms with Crippen molar-refractivity contribution < 1.29 is 14.3 Å². The number of amides is 2. The first-order valence-electron chi connectivity index (χ1n) is 11.4. The van der Waals surface area contributed by atoms with Gasteiger partial charge in [-0.3, -0.25) is 0 Å². The number of ether oxygens (including phenoxy) is 1. The Morgan fingerprint density at radius 3 is 2.53 bits per heavy atom. The molecule has 1 N–H and O–H groups in total. The van der Waals surface area contributed by atoms with E-state index in [2.05, 4.69) is 32.2 Å². The smallest absolute Gasteiger partial charge is 0.339 e. The first-order valence-corrected chi connectivity index (χ1v) is 11.4. The zero-order valence-corrected chi connectivity index (χ0v) is 18.6. The summed E-state index contributed by atoms with van der Waals surface area (Å²) < 4.78 is 5.01. The number of benzene rings is 1. The molecule has 2 aliphatic heterocycles. The molecule has 0 spiro atoms. The fraction of sp³-hybridized carbons (Fsp3) is 0.458. The van der Waals surface area contributed by atoms with E-state index in [9.17, 15) is 9.59 Å². The molecule has 0 radical (unpaired) electrons. The van der Waals surface area contributed by atoms with Crippen LogP contribution in [0.5, 0.6) is 0 Å². The minimum Gasteiger partial charge on any atom is -0.462 e. The number of urea groups is 1. The SMILES string of the molecule is CCOC(=O)c1ccc(N2CCCN(C(=O)Nc3cccc(N4CCCC4)c3)CC2)nc1. The van der Waals surface area contributed by atoms with Crippen LogP contribution in [-0.2, 0) is 4.74 Å². The van der Waals surface area contributed by atoms with Crippen molar-refractivity contribution in [3.8, 4) is 0 Å². The summed E-state index contributed by atoms with van der Waals surface area (Å²) in [6.07, 6.45) is 4.85. The summed E-state index contributed by atoms with van der Waals surface area (Å²) in [5, 5.41) is 3.06. The fourth-order valence-corrected chi connectivity index (χ4v) is 4.22. The van der Waals surface area contributed by atoms with Crippen LogP contribution in [-0.4, -0.2) is 67.8 Å². The Kier molecular flexibility index (Phi) is 7.09. The molecule has 2 aromatic rings. The number of aromatic nitrogens is 1. The van der Waals surface area contributed by atoms with Crippen LogP contribution in [0.15, 0.2) is 42.6 Å². The Morgan fingerprint density at radius 2 is 1.78 bits per heavy atom. The highest BCUT2D eigenvalue weighted by Crippen LogP contribution is 2.24. The van der Waals surface area contributed by atoms with Gasteiger partial charge in [0, 0.05) is 56.8 Å². The molecule has 0 atom stereocenters. The molecule has 0 bridgehead atoms. The second kappa shape index (κ2) is 10.3. The zero-order chi connectivity index (χ0) is 22.3. The van der Waals surface area contributed by atoms with Gasteiger partial charge in [0.15, 0.2) is 0 Å². The number of esters is 1. The van der Waals surface area contributed by atoms with Crippen molar-refractivity contribution in [1.82, 2.24) is 9.88 Å². The zero-order valence-electron chi connectivity index (χ0n) is 18.6. The largest absolute Gasteiger partial charge is 0.462 e. The van der Waals surface area contributed by atoms with E-state index >= 15 is 0 Å². The monoisotopic (exact) mass is 437 g/mol. The first kappa shape index (κ1) is 21.9. The van der Waals surface area contributed by atoms with E-state index in [1.165, 1.54) is 18.5 Å². The van der Waals surface area contributed by atoms with Gasteiger partial charge in [-0.25, -0.2) is 14.6 Å². The van der Waals surface area contributed by atoms with Gasteiger partial charge in [-0.2, -0.15) is 0 Å². The van der Waals surface area contributed by atoms with Crippen LogP contribution in [0, 0.1) is 0 Å². The number of carbonyl (C=O) groups excluding carboxylic acids is 2. The molecule has 2 amide bonds. The highest BCUT2D eigenvalue weighted by molar-refractivity contribution is 5.90. The molecule has 0 unspecified atom stereocenters. The lowest BCUT2D eigenvalue weighted by atomic mass is 10.2. The molecule has 1 aromatic heterocycles. The predicted octanol–water partition coefficient (Wildman–Crippen LogP) is 3.60. The minimum atomic E-state index is -0.362. The number of hydrogen-bond acceptors (Lipinski definition) is 6. The third kappa shape index (κ3) is 5.30. The van der Waals surface area contributed by atoms with Gasteiger partial charge < -0.3 is 24.8 Å². The van der Waals surface area contributed by atoms with Gasteiger partial charge >= 0.3 is 12.0 Å². The number of nitrogens with zero attached hydrogens (tertiary/aromatic N) is 4. The normalized spacial score (nSPS) is 16.6. The highest BCUT2D eigenvalue weighted by atomic mass is 16.5. The third-order valence-electron chi connectivity index (χ3n) is 5.93. The average molecular weight is 438 g/mol. The van der Waals surface area contributed by atoms with Crippen molar-refractivity contribution in [3.05, 3.63) is 48.2 Å². The van der Waals surface area contributed by atoms with Gasteiger partial charge in [0.25, 0.3) is 0 Å². The maximum atomic E-state index is 12.9. The Balaban J connectivity index is 1.33. The fourth-order valence-electron chi connectivity index (χ4n) is 4.22. The van der Waals surface area contributed by atoms with Crippen LogP contribution >= 0.6 is 0 Å². The second-order valence-corrected chi connectivity index (χ2v) is 8.13. The summed E-state index contributed by atoms with van der Waals surface area (Å²) in [7, 11) is 0. The number of hydrogen-bond donors (Lipinski definition) is 1. The molecular weight excluding hydrogens is 406 g/mol. The van der Waals surface area contributed by atoms with E-state index in [0.717, 1.165) is 37.6 Å². The quantitative estimate of drug-likeness (QED) is 0.720. The summed E-state index contributed by atoms with van der Waals surface area (Å²) in [6, 6.07) is 11.6. The number of rotatable bonds is 5. The summed E-state index contributed by atoms with van der Waals surface area (Å²) in [6.45, 7) is 7.07. The van der Waals surface area contributed by atoms with Crippen molar-refractivity contribution in [3.63, 3.8) is 0 Å². The van der Waals surface area contributed by atoms with E-state index in [1.807, 2.05) is 23.1 Å². The molecule has 32 heavy (non-hydrogen) atoms. The van der Waals surface area contributed by atoms with Gasteiger partial charge in [-0.1, -0.05) is 6.07 Å². The Bertz CT molecular complexity index is 927. The standard InChI is InChI=1S/C24H31N5O3/c1-2-32-23(30)19-9-10-22(25-18-19)28-13-6-14-29(16-15-28)24(31)26-20-7-5-8-21(17-20)27-11-3-4-12-27/h5,7-10,17-18H,2-4,6,11-16H2,1H3,(H,26,31). The second-order valence-electron chi connectivity index (χ2n) is 8.13. The van der Waals surface area contributed by atoms with E-state index in [4.69, 9.17) is 4.74 Å². The lowest BCUT2D eigenvalue weighted by Crippen LogP contribution is -2.38. The molecule has 3 heterocycles. The maximum Gasteiger partial charge on any atom is 0.339 e. The summed E-state index contributed by atoms with van der Waals surface area (Å²) in [4.78, 5) is 35.5. The summed E-state index contributed by atoms with van der Waals surface area (Å²) >= 11 is 0. The third-order valence-corrected chi connectivity index (χ3v) is 5.93. The average Bonchev–Trinajstić information content (AvgIpc) is 3.24. The number of carbonyl (C=O) groups is 2. The molecule has 2 aliphatic rings. The van der Waals surface area contributed by atoms with Gasteiger partial charge in [0.2, 0.25) is 0 Å². The highest BCUT2D eigenvalue weighted by Gasteiger charge is 2.21. The molecule has 170 valence electrons. The van der Waals surface area contributed by atoms with Crippen LogP contribution in [0.25, 0.3) is 0 Å². The minimum absolute atomic E-state index is 0.0731. The van der Waals surface area contributed by atoms with Crippen molar-refractivity contribution in [2.24, 2.45) is 0 Å². The molecule has 8 heteroatoms. The number of anilines is 3. The van der Waals surface area contributed by atoms with Gasteiger partial charge in [-0.15, -0.1) is 0 Å². The van der Waals surface area contributed by atoms with Gasteiger partial charge in [0.1, 0.15) is 5.82 Å². The lowest BCUT2D eigenvalue weighted by molar-refractivity contribution is 0.0526. The van der Waals surface area contributed by atoms with Crippen molar-refractivity contribution in [2.75, 3.05) is 61.0 Å². The van der Waals surface area contributed by atoms with Crippen molar-refractivity contribution >= 4 is 29.2 Å². The topological polar surface area (TPSA) is 78.0 Å². The first-order chi connectivity index (χ1) is 15.6. The van der Waals surface area contributed by atoms with Crippen LogP contribution < -0.4 is 15.1 Å². The van der Waals surface area contributed by atoms with Crippen molar-refractivity contribution in [2.45, 2.75) is 26.2 Å². The number of pyridine rings is 1. The van der Waals surface area contributed by atoms with Crippen LogP contribution in [0.2, 0.25) is 0 Å². The van der Waals surface area contributed by atoms with Crippen LogP contribution in [0.3, 0.4) is 0 Å². The molecule has 0 saturated carbocycles. The lowest BCUT2D eigenvalue weighted by Gasteiger charge is -2.23. The maximum absolute atomic E-state index is 12.9. The molecule has 2 fully saturated rings. The Hall–Kier alpha value is -3.29. The molecule has 2 saturated heterocycles. The molecule has 8 nitrogen and oxygen atoms in total. The summed E-state index contributed by atoms with van der Waals surface area (Å²) in [5.74, 6) is 0.442. The molecule has 4 rings (SSSR count). The van der Waals surface area contributed by atoms with Gasteiger partial charge in [-0.05, 0) is 56.5 Å². The molecular formula is C24H31N5O3. The Morgan fingerprint density at radius 1 is 0.969 bits per heavy atom. The Labute approximate surface area is 189 Å².